The highest BCUT2D eigenvalue weighted by molar-refractivity contribution is 5.94. The van der Waals surface area contributed by atoms with Gasteiger partial charge in [-0.3, -0.25) is 14.4 Å². The maximum atomic E-state index is 12.7. The van der Waals surface area contributed by atoms with Crippen LogP contribution >= 0.6 is 0 Å². The van der Waals surface area contributed by atoms with E-state index in [9.17, 15) is 29.4 Å². The maximum Gasteiger partial charge on any atom is 0.328 e. The number of carbonyl (C=O) groups is 4. The summed E-state index contributed by atoms with van der Waals surface area (Å²) in [5.41, 5.74) is 6.03. The number of benzene rings is 1. The second-order valence-electron chi connectivity index (χ2n) is 6.81. The maximum absolute atomic E-state index is 12.7. The Kier molecular flexibility index (Phi) is 9.89. The zero-order valence-corrected chi connectivity index (χ0v) is 16.7. The van der Waals surface area contributed by atoms with Gasteiger partial charge in [0.2, 0.25) is 17.7 Å². The van der Waals surface area contributed by atoms with E-state index in [-0.39, 0.29) is 13.0 Å². The molecule has 5 atom stereocenters. The van der Waals surface area contributed by atoms with Crippen LogP contribution in [0.5, 0.6) is 0 Å². The molecule has 30 heavy (non-hydrogen) atoms. The van der Waals surface area contributed by atoms with Crippen molar-refractivity contribution >= 4 is 23.7 Å². The van der Waals surface area contributed by atoms with Gasteiger partial charge < -0.3 is 37.0 Å². The molecular weight excluding hydrogens is 396 g/mol. The topological polar surface area (TPSA) is 191 Å². The third-order valence-electron chi connectivity index (χ3n) is 4.23. The molecule has 8 N–H and O–H groups in total. The van der Waals surface area contributed by atoms with Crippen LogP contribution in [0.3, 0.4) is 0 Å². The van der Waals surface area contributed by atoms with Crippen LogP contribution in [-0.4, -0.2) is 75.9 Å². The van der Waals surface area contributed by atoms with Crippen molar-refractivity contribution in [1.82, 2.24) is 16.0 Å². The highest BCUT2D eigenvalue weighted by Gasteiger charge is 2.33. The Morgan fingerprint density at radius 2 is 1.43 bits per heavy atom. The molecule has 0 radical (unpaired) electrons. The zero-order valence-electron chi connectivity index (χ0n) is 16.7. The number of amides is 3. The molecular formula is C19H28N4O7. The summed E-state index contributed by atoms with van der Waals surface area (Å²) in [5.74, 6) is -3.85. The first-order valence-corrected chi connectivity index (χ1v) is 9.29. The first-order chi connectivity index (χ1) is 14.1. The molecule has 166 valence electrons. The fraction of sp³-hybridized carbons (Fsp3) is 0.474. The number of aliphatic carboxylic acids is 1. The van der Waals surface area contributed by atoms with Crippen LogP contribution in [0.15, 0.2) is 30.3 Å². The molecule has 1 aromatic carbocycles. The van der Waals surface area contributed by atoms with Crippen LogP contribution < -0.4 is 21.7 Å². The van der Waals surface area contributed by atoms with Crippen molar-refractivity contribution in [3.05, 3.63) is 35.9 Å². The Bertz CT molecular complexity index is 740. The van der Waals surface area contributed by atoms with Crippen LogP contribution in [0.2, 0.25) is 0 Å². The summed E-state index contributed by atoms with van der Waals surface area (Å²) in [5, 5.41) is 35.4. The Morgan fingerprint density at radius 1 is 0.900 bits per heavy atom. The van der Waals surface area contributed by atoms with Gasteiger partial charge in [0, 0.05) is 6.42 Å². The van der Waals surface area contributed by atoms with Crippen LogP contribution in [-0.2, 0) is 25.6 Å². The Hall–Kier alpha value is -3.02. The van der Waals surface area contributed by atoms with Gasteiger partial charge in [-0.25, -0.2) is 4.79 Å². The molecule has 11 nitrogen and oxygen atoms in total. The van der Waals surface area contributed by atoms with E-state index in [0.29, 0.717) is 0 Å². The monoisotopic (exact) mass is 424 g/mol. The predicted octanol–water partition coefficient (Wildman–Crippen LogP) is -2.51. The minimum atomic E-state index is -1.63. The number of nitrogens with one attached hydrogen (secondary N) is 3. The molecule has 3 amide bonds. The van der Waals surface area contributed by atoms with Crippen LogP contribution in [0.25, 0.3) is 0 Å². The van der Waals surface area contributed by atoms with Crippen molar-refractivity contribution in [2.24, 2.45) is 5.73 Å². The minimum Gasteiger partial charge on any atom is -0.480 e. The van der Waals surface area contributed by atoms with E-state index in [2.05, 4.69) is 16.0 Å². The minimum absolute atomic E-state index is 0.0952. The van der Waals surface area contributed by atoms with Crippen molar-refractivity contribution < 1.29 is 34.5 Å². The summed E-state index contributed by atoms with van der Waals surface area (Å²) >= 11 is 0. The second kappa shape index (κ2) is 11.9. The molecule has 0 aliphatic rings. The predicted molar refractivity (Wildman–Crippen MR) is 106 cm³/mol. The van der Waals surface area contributed by atoms with Crippen molar-refractivity contribution in [3.63, 3.8) is 0 Å². The summed E-state index contributed by atoms with van der Waals surface area (Å²) in [7, 11) is 0. The number of rotatable bonds is 11. The molecule has 0 spiro atoms. The number of carboxylic acids is 1. The largest absolute Gasteiger partial charge is 0.480 e. The smallest absolute Gasteiger partial charge is 0.328 e. The molecule has 0 saturated carbocycles. The standard InChI is InChI=1S/C19H28N4O7/c1-10(24)15(18(28)23-16(11(2)25)19(29)30)22-17(27)13(21-14(26)9-20)8-12-6-4-3-5-7-12/h3-7,10-11,13,15-16,24-25H,8-9,20H2,1-2H3,(H,21,26)(H,22,27)(H,23,28)(H,29,30). The molecule has 0 aliphatic heterocycles. The molecule has 5 unspecified atom stereocenters. The molecule has 0 aromatic heterocycles. The number of hydrogen-bond acceptors (Lipinski definition) is 7. The lowest BCUT2D eigenvalue weighted by molar-refractivity contribution is -0.146. The normalized spacial score (nSPS) is 15.8. The summed E-state index contributed by atoms with van der Waals surface area (Å²) in [6, 6.07) is 4.53. The van der Waals surface area contributed by atoms with Crippen molar-refractivity contribution in [1.29, 1.82) is 0 Å². The summed E-state index contributed by atoms with van der Waals surface area (Å²) in [4.78, 5) is 48.1. The van der Waals surface area contributed by atoms with E-state index >= 15 is 0 Å². The van der Waals surface area contributed by atoms with Gasteiger partial charge in [-0.1, -0.05) is 30.3 Å². The molecule has 1 aromatic rings. The number of aliphatic hydroxyl groups is 2. The lowest BCUT2D eigenvalue weighted by Gasteiger charge is -2.26. The average Bonchev–Trinajstić information content (AvgIpc) is 2.69. The van der Waals surface area contributed by atoms with Gasteiger partial charge in [-0.2, -0.15) is 0 Å². The summed E-state index contributed by atoms with van der Waals surface area (Å²) in [6.07, 6.45) is -2.70. The fourth-order valence-corrected chi connectivity index (χ4v) is 2.60. The van der Waals surface area contributed by atoms with Crippen molar-refractivity contribution in [2.45, 2.75) is 50.6 Å². The first kappa shape index (κ1) is 25.0. The fourth-order valence-electron chi connectivity index (χ4n) is 2.60. The number of aliphatic hydroxyl groups excluding tert-OH is 2. The Balaban J connectivity index is 2.98. The van der Waals surface area contributed by atoms with Crippen molar-refractivity contribution in [2.75, 3.05) is 6.54 Å². The van der Waals surface area contributed by atoms with Gasteiger partial charge in [-0.15, -0.1) is 0 Å². The number of carbonyl (C=O) groups excluding carboxylic acids is 3. The first-order valence-electron chi connectivity index (χ1n) is 9.29. The molecule has 11 heteroatoms. The van der Waals surface area contributed by atoms with E-state index in [1.165, 1.54) is 13.8 Å². The number of hydrogen-bond donors (Lipinski definition) is 7. The van der Waals surface area contributed by atoms with Gasteiger partial charge >= 0.3 is 5.97 Å². The van der Waals surface area contributed by atoms with Crippen LogP contribution in [0, 0.1) is 0 Å². The van der Waals surface area contributed by atoms with E-state index in [1.54, 1.807) is 30.3 Å². The summed E-state index contributed by atoms with van der Waals surface area (Å²) < 4.78 is 0. The van der Waals surface area contributed by atoms with Gasteiger partial charge in [0.15, 0.2) is 6.04 Å². The lowest BCUT2D eigenvalue weighted by Crippen LogP contribution is -2.60. The second-order valence-corrected chi connectivity index (χ2v) is 6.81. The molecule has 0 heterocycles. The summed E-state index contributed by atoms with van der Waals surface area (Å²) in [6.45, 7) is 2.05. The SMILES string of the molecule is CC(O)C(NC(=O)C(NC(=O)C(Cc1ccccc1)NC(=O)CN)C(C)O)C(=O)O. The Morgan fingerprint density at radius 3 is 1.90 bits per heavy atom. The van der Waals surface area contributed by atoms with E-state index in [1.807, 2.05) is 0 Å². The van der Waals surface area contributed by atoms with Crippen molar-refractivity contribution in [3.8, 4) is 0 Å². The third-order valence-corrected chi connectivity index (χ3v) is 4.23. The van der Waals surface area contributed by atoms with Gasteiger partial charge in [0.1, 0.15) is 12.1 Å². The van der Waals surface area contributed by atoms with Gasteiger partial charge in [-0.05, 0) is 19.4 Å². The number of nitrogens with two attached hydrogens (primary N) is 1. The van der Waals surface area contributed by atoms with E-state index < -0.39 is 54.0 Å². The highest BCUT2D eigenvalue weighted by atomic mass is 16.4. The lowest BCUT2D eigenvalue weighted by atomic mass is 10.0. The van der Waals surface area contributed by atoms with Crippen LogP contribution in [0.1, 0.15) is 19.4 Å². The van der Waals surface area contributed by atoms with Gasteiger partial charge in [0.05, 0.1) is 18.8 Å². The number of carboxylic acid groups (broad SMARTS) is 1. The molecule has 1 rings (SSSR count). The molecule has 0 aliphatic carbocycles. The Labute approximate surface area is 173 Å². The molecule has 0 bridgehead atoms. The third kappa shape index (κ3) is 7.78. The molecule has 0 saturated heterocycles. The van der Waals surface area contributed by atoms with E-state index in [0.717, 1.165) is 5.56 Å². The quantitative estimate of drug-likeness (QED) is 0.202. The van der Waals surface area contributed by atoms with Crippen LogP contribution in [0.4, 0.5) is 0 Å². The van der Waals surface area contributed by atoms with E-state index in [4.69, 9.17) is 10.8 Å². The highest BCUT2D eigenvalue weighted by Crippen LogP contribution is 2.05. The average molecular weight is 424 g/mol. The molecule has 0 fully saturated rings. The zero-order chi connectivity index (χ0) is 22.8. The van der Waals surface area contributed by atoms with Gasteiger partial charge in [0.25, 0.3) is 0 Å².